The summed E-state index contributed by atoms with van der Waals surface area (Å²) < 4.78 is 25.0. The average molecular weight is 367 g/mol. The Morgan fingerprint density at radius 3 is 2.81 bits per heavy atom. The predicted molar refractivity (Wildman–Crippen MR) is 98.1 cm³/mol. The Hall–Kier alpha value is -2.99. The van der Waals surface area contributed by atoms with Gasteiger partial charge in [0.15, 0.2) is 11.5 Å². The van der Waals surface area contributed by atoms with Crippen molar-refractivity contribution in [1.29, 1.82) is 0 Å². The van der Waals surface area contributed by atoms with Crippen LogP contribution >= 0.6 is 11.3 Å². The summed E-state index contributed by atoms with van der Waals surface area (Å²) in [5.74, 6) is -0.208. The smallest absolute Gasteiger partial charge is 0.194 e. The minimum atomic E-state index is -0.486. The summed E-state index contributed by atoms with van der Waals surface area (Å²) in [5.41, 5.74) is 2.08. The maximum Gasteiger partial charge on any atom is 0.194 e. The highest BCUT2D eigenvalue weighted by molar-refractivity contribution is 7.13. The fourth-order valence-electron chi connectivity index (χ4n) is 2.61. The third-order valence-electron chi connectivity index (χ3n) is 3.86. The van der Waals surface area contributed by atoms with Gasteiger partial charge in [-0.3, -0.25) is 4.79 Å². The van der Waals surface area contributed by atoms with Gasteiger partial charge in [-0.2, -0.15) is 0 Å². The second kappa shape index (κ2) is 6.72. The molecule has 26 heavy (non-hydrogen) atoms. The monoisotopic (exact) mass is 367 g/mol. The van der Waals surface area contributed by atoms with Crippen molar-refractivity contribution in [2.45, 2.75) is 13.5 Å². The van der Waals surface area contributed by atoms with Crippen LogP contribution in [0, 0.1) is 5.82 Å². The molecule has 0 saturated carbocycles. The highest BCUT2D eigenvalue weighted by Gasteiger charge is 2.14. The van der Waals surface area contributed by atoms with E-state index in [1.165, 1.54) is 30.4 Å². The van der Waals surface area contributed by atoms with Crippen molar-refractivity contribution < 1.29 is 18.3 Å². The Bertz CT molecular complexity index is 1090. The molecular formula is C20H14FNO3S. The normalized spacial score (nSPS) is 11.0. The summed E-state index contributed by atoms with van der Waals surface area (Å²) in [7, 11) is 0. The molecule has 6 heteroatoms. The molecule has 4 aromatic rings. The number of Topliss-reactive ketones (excluding diaryl/α,β-unsaturated/α-hetero) is 1. The van der Waals surface area contributed by atoms with Gasteiger partial charge in [-0.1, -0.05) is 30.3 Å². The van der Waals surface area contributed by atoms with Crippen LogP contribution in [0.2, 0.25) is 0 Å². The van der Waals surface area contributed by atoms with Gasteiger partial charge >= 0.3 is 0 Å². The number of hydrogen-bond acceptors (Lipinski definition) is 5. The molecule has 0 aliphatic heterocycles. The number of aromatic nitrogens is 1. The van der Waals surface area contributed by atoms with Crippen molar-refractivity contribution in [3.8, 4) is 16.3 Å². The number of rotatable bonds is 5. The standard InChI is InChI=1S/C20H14FNO3S/c1-12(23)17-9-16-18(7-14(21)8-19(16)25-17)24-10-15-11-26-20(22-15)13-5-3-2-4-6-13/h2-9,11H,10H2,1H3. The van der Waals surface area contributed by atoms with Crippen molar-refractivity contribution in [1.82, 2.24) is 4.98 Å². The minimum absolute atomic E-state index is 0.176. The largest absolute Gasteiger partial charge is 0.486 e. The second-order valence-corrected chi connectivity index (χ2v) is 6.64. The zero-order valence-corrected chi connectivity index (χ0v) is 14.7. The van der Waals surface area contributed by atoms with Gasteiger partial charge in [0.1, 0.15) is 28.8 Å². The van der Waals surface area contributed by atoms with Gasteiger partial charge in [0.05, 0.1) is 11.1 Å². The molecule has 0 atom stereocenters. The highest BCUT2D eigenvalue weighted by atomic mass is 32.1. The predicted octanol–water partition coefficient (Wildman–Crippen LogP) is 5.48. The molecule has 2 heterocycles. The van der Waals surface area contributed by atoms with Crippen LogP contribution in [0.3, 0.4) is 0 Å². The first-order valence-corrected chi connectivity index (χ1v) is 8.85. The van der Waals surface area contributed by atoms with Crippen LogP contribution in [0.25, 0.3) is 21.5 Å². The summed E-state index contributed by atoms with van der Waals surface area (Å²) in [5, 5.41) is 3.38. The van der Waals surface area contributed by atoms with E-state index in [0.29, 0.717) is 11.1 Å². The number of hydrogen-bond donors (Lipinski definition) is 0. The molecule has 4 nitrogen and oxygen atoms in total. The molecular weight excluding hydrogens is 353 g/mol. The molecule has 2 aromatic heterocycles. The van der Waals surface area contributed by atoms with Gasteiger partial charge in [0.25, 0.3) is 0 Å². The molecule has 0 aliphatic carbocycles. The van der Waals surface area contributed by atoms with Crippen molar-refractivity contribution in [3.05, 3.63) is 71.2 Å². The molecule has 2 aromatic carbocycles. The Balaban J connectivity index is 1.58. The second-order valence-electron chi connectivity index (χ2n) is 5.78. The lowest BCUT2D eigenvalue weighted by Gasteiger charge is -2.05. The third-order valence-corrected chi connectivity index (χ3v) is 4.80. The average Bonchev–Trinajstić information content (AvgIpc) is 3.27. The van der Waals surface area contributed by atoms with E-state index in [4.69, 9.17) is 9.15 Å². The molecule has 0 saturated heterocycles. The first-order valence-electron chi connectivity index (χ1n) is 7.97. The third kappa shape index (κ3) is 3.23. The first kappa shape index (κ1) is 16.5. The molecule has 0 aliphatic rings. The van der Waals surface area contributed by atoms with E-state index >= 15 is 0 Å². The number of benzene rings is 2. The van der Waals surface area contributed by atoms with E-state index in [0.717, 1.165) is 16.3 Å². The van der Waals surface area contributed by atoms with E-state index in [1.54, 1.807) is 6.07 Å². The van der Waals surface area contributed by atoms with E-state index in [2.05, 4.69) is 4.98 Å². The Morgan fingerprint density at radius 2 is 2.04 bits per heavy atom. The summed E-state index contributed by atoms with van der Waals surface area (Å²) >= 11 is 1.52. The van der Waals surface area contributed by atoms with Crippen LogP contribution in [0.5, 0.6) is 5.75 Å². The number of nitrogens with zero attached hydrogens (tertiary/aromatic N) is 1. The van der Waals surface area contributed by atoms with Crippen LogP contribution in [-0.4, -0.2) is 10.8 Å². The van der Waals surface area contributed by atoms with E-state index < -0.39 is 5.82 Å². The fourth-order valence-corrected chi connectivity index (χ4v) is 3.42. The SMILES string of the molecule is CC(=O)c1cc2c(OCc3csc(-c4ccccc4)n3)cc(F)cc2o1. The van der Waals surface area contributed by atoms with Crippen LogP contribution < -0.4 is 4.74 Å². The maximum absolute atomic E-state index is 13.8. The van der Waals surface area contributed by atoms with Gasteiger partial charge in [-0.05, 0) is 6.07 Å². The summed E-state index contributed by atoms with van der Waals surface area (Å²) in [6.07, 6.45) is 0. The maximum atomic E-state index is 13.8. The van der Waals surface area contributed by atoms with Crippen molar-refractivity contribution in [3.63, 3.8) is 0 Å². The molecule has 130 valence electrons. The molecule has 0 amide bonds. The van der Waals surface area contributed by atoms with Crippen LogP contribution in [-0.2, 0) is 6.61 Å². The number of thiazole rings is 1. The Kier molecular flexibility index (Phi) is 4.26. The fraction of sp³-hybridized carbons (Fsp3) is 0.100. The molecule has 0 N–H and O–H groups in total. The van der Waals surface area contributed by atoms with Gasteiger partial charge in [-0.25, -0.2) is 9.37 Å². The minimum Gasteiger partial charge on any atom is -0.486 e. The number of carbonyl (C=O) groups is 1. The van der Waals surface area contributed by atoms with Gasteiger partial charge < -0.3 is 9.15 Å². The van der Waals surface area contributed by atoms with Gasteiger partial charge in [0, 0.05) is 30.0 Å². The Labute approximate surface area is 152 Å². The molecule has 0 radical (unpaired) electrons. The lowest BCUT2D eigenvalue weighted by atomic mass is 10.2. The topological polar surface area (TPSA) is 52.3 Å². The zero-order valence-electron chi connectivity index (χ0n) is 13.9. The van der Waals surface area contributed by atoms with E-state index in [-0.39, 0.29) is 23.7 Å². The van der Waals surface area contributed by atoms with Crippen LogP contribution in [0.4, 0.5) is 4.39 Å². The number of ether oxygens (including phenoxy) is 1. The molecule has 0 fully saturated rings. The summed E-state index contributed by atoms with van der Waals surface area (Å²) in [6, 6.07) is 14.0. The van der Waals surface area contributed by atoms with Gasteiger partial charge in [-0.15, -0.1) is 11.3 Å². The number of furan rings is 1. The number of carbonyl (C=O) groups excluding carboxylic acids is 1. The number of ketones is 1. The highest BCUT2D eigenvalue weighted by Crippen LogP contribution is 2.31. The summed E-state index contributed by atoms with van der Waals surface area (Å²) in [6.45, 7) is 1.59. The number of fused-ring (bicyclic) bond motifs is 1. The molecule has 4 rings (SSSR count). The van der Waals surface area contributed by atoms with Crippen molar-refractivity contribution in [2.75, 3.05) is 0 Å². The first-order chi connectivity index (χ1) is 12.6. The lowest BCUT2D eigenvalue weighted by molar-refractivity contribution is 0.0989. The lowest BCUT2D eigenvalue weighted by Crippen LogP contribution is -1.96. The summed E-state index contributed by atoms with van der Waals surface area (Å²) in [4.78, 5) is 16.0. The Morgan fingerprint density at radius 1 is 1.23 bits per heavy atom. The molecule has 0 bridgehead atoms. The van der Waals surface area contributed by atoms with Gasteiger partial charge in [0.2, 0.25) is 0 Å². The van der Waals surface area contributed by atoms with Crippen LogP contribution in [0.1, 0.15) is 23.2 Å². The zero-order chi connectivity index (χ0) is 18.1. The molecule has 0 spiro atoms. The van der Waals surface area contributed by atoms with Crippen molar-refractivity contribution >= 4 is 28.1 Å². The quantitative estimate of drug-likeness (QED) is 0.439. The van der Waals surface area contributed by atoms with Crippen molar-refractivity contribution in [2.24, 2.45) is 0 Å². The number of halogens is 1. The molecule has 0 unspecified atom stereocenters. The van der Waals surface area contributed by atoms with Crippen LogP contribution in [0.15, 0.2) is 58.3 Å². The van der Waals surface area contributed by atoms with E-state index in [1.807, 2.05) is 35.7 Å². The van der Waals surface area contributed by atoms with E-state index in [9.17, 15) is 9.18 Å².